The Kier molecular flexibility index (Phi) is 2.89. The van der Waals surface area contributed by atoms with Crippen molar-refractivity contribution in [1.29, 1.82) is 0 Å². The molecule has 2 rings (SSSR count). The van der Waals surface area contributed by atoms with E-state index in [1.165, 1.54) is 32.1 Å². The zero-order chi connectivity index (χ0) is 9.26. The largest absolute Gasteiger partial charge is 0.390 e. The number of methoxy groups -OCH3 is 1. The highest BCUT2D eigenvalue weighted by Gasteiger charge is 2.39. The maximum absolute atomic E-state index is 9.78. The van der Waals surface area contributed by atoms with E-state index >= 15 is 0 Å². The van der Waals surface area contributed by atoms with Gasteiger partial charge in [-0.15, -0.1) is 0 Å². The topological polar surface area (TPSA) is 29.5 Å². The van der Waals surface area contributed by atoms with Crippen LogP contribution in [0.15, 0.2) is 0 Å². The molecule has 4 atom stereocenters. The maximum atomic E-state index is 9.78. The Balaban J connectivity index is 2.04. The van der Waals surface area contributed by atoms with Crippen LogP contribution >= 0.6 is 0 Å². The molecule has 0 amide bonds. The second kappa shape index (κ2) is 3.97. The Bertz CT molecular complexity index is 169. The number of hydrogen-bond acceptors (Lipinski definition) is 2. The molecule has 1 N–H and O–H groups in total. The van der Waals surface area contributed by atoms with Gasteiger partial charge in [-0.3, -0.25) is 0 Å². The van der Waals surface area contributed by atoms with Crippen LogP contribution in [0.2, 0.25) is 0 Å². The molecule has 0 radical (unpaired) electrons. The van der Waals surface area contributed by atoms with Crippen molar-refractivity contribution in [2.24, 2.45) is 11.8 Å². The summed E-state index contributed by atoms with van der Waals surface area (Å²) >= 11 is 0. The molecule has 2 aliphatic carbocycles. The van der Waals surface area contributed by atoms with Crippen LogP contribution in [-0.2, 0) is 4.74 Å². The highest BCUT2D eigenvalue weighted by molar-refractivity contribution is 4.90. The van der Waals surface area contributed by atoms with E-state index in [9.17, 15) is 5.11 Å². The Hall–Kier alpha value is -0.0800. The molecule has 2 nitrogen and oxygen atoms in total. The van der Waals surface area contributed by atoms with Crippen molar-refractivity contribution >= 4 is 0 Å². The zero-order valence-corrected chi connectivity index (χ0v) is 8.41. The van der Waals surface area contributed by atoms with Crippen molar-refractivity contribution in [3.05, 3.63) is 0 Å². The average Bonchev–Trinajstić information content (AvgIpc) is 2.18. The summed E-state index contributed by atoms with van der Waals surface area (Å²) in [6.07, 6.45) is 7.41. The molecule has 0 saturated heterocycles. The van der Waals surface area contributed by atoms with Gasteiger partial charge in [0.1, 0.15) is 0 Å². The number of aliphatic hydroxyl groups is 1. The van der Waals surface area contributed by atoms with Gasteiger partial charge in [-0.2, -0.15) is 0 Å². The number of aliphatic hydroxyl groups excluding tert-OH is 1. The van der Waals surface area contributed by atoms with Crippen molar-refractivity contribution < 1.29 is 9.84 Å². The lowest BCUT2D eigenvalue weighted by Gasteiger charge is -2.43. The quantitative estimate of drug-likeness (QED) is 0.675. The molecule has 2 saturated carbocycles. The van der Waals surface area contributed by atoms with Crippen molar-refractivity contribution in [3.63, 3.8) is 0 Å². The van der Waals surface area contributed by atoms with Gasteiger partial charge in [-0.05, 0) is 31.1 Å². The van der Waals surface area contributed by atoms with E-state index < -0.39 is 0 Å². The number of fused-ring (bicyclic) bond motifs is 1. The standard InChI is InChI=1S/C11H20O2/c1-13-11-9-5-3-2-4-8(9)6-7-10(11)12/h8-12H,2-7H2,1H3/t8-,9+,10-,11+/m0/s1. The molecule has 76 valence electrons. The van der Waals surface area contributed by atoms with Crippen LogP contribution in [0.25, 0.3) is 0 Å². The van der Waals surface area contributed by atoms with Gasteiger partial charge in [0.25, 0.3) is 0 Å². The van der Waals surface area contributed by atoms with E-state index in [1.807, 2.05) is 0 Å². The molecule has 2 aliphatic rings. The first kappa shape index (κ1) is 9.47. The van der Waals surface area contributed by atoms with Crippen molar-refractivity contribution in [3.8, 4) is 0 Å². The third-order valence-corrected chi connectivity index (χ3v) is 3.87. The summed E-state index contributed by atoms with van der Waals surface area (Å²) in [5.74, 6) is 1.48. The summed E-state index contributed by atoms with van der Waals surface area (Å²) in [5.41, 5.74) is 0. The monoisotopic (exact) mass is 184 g/mol. The number of ether oxygens (including phenoxy) is 1. The van der Waals surface area contributed by atoms with Crippen LogP contribution in [0.3, 0.4) is 0 Å². The van der Waals surface area contributed by atoms with Crippen LogP contribution in [0.5, 0.6) is 0 Å². The summed E-state index contributed by atoms with van der Waals surface area (Å²) in [6.45, 7) is 0. The van der Waals surface area contributed by atoms with Gasteiger partial charge in [-0.1, -0.05) is 19.3 Å². The van der Waals surface area contributed by atoms with Gasteiger partial charge in [0.2, 0.25) is 0 Å². The normalized spacial score (nSPS) is 45.7. The molecule has 0 aromatic carbocycles. The minimum atomic E-state index is -0.204. The molecule has 0 aromatic rings. The first-order valence-corrected chi connectivity index (χ1v) is 5.54. The van der Waals surface area contributed by atoms with Gasteiger partial charge >= 0.3 is 0 Å². The van der Waals surface area contributed by atoms with Crippen LogP contribution in [0.4, 0.5) is 0 Å². The lowest BCUT2D eigenvalue weighted by molar-refractivity contribution is -0.0989. The lowest BCUT2D eigenvalue weighted by Crippen LogP contribution is -2.44. The van der Waals surface area contributed by atoms with E-state index in [1.54, 1.807) is 7.11 Å². The van der Waals surface area contributed by atoms with Gasteiger partial charge in [0.15, 0.2) is 0 Å². The van der Waals surface area contributed by atoms with E-state index in [2.05, 4.69) is 0 Å². The Labute approximate surface area is 80.3 Å². The molecule has 13 heavy (non-hydrogen) atoms. The fourth-order valence-corrected chi connectivity index (χ4v) is 3.19. The van der Waals surface area contributed by atoms with Crippen molar-refractivity contribution in [1.82, 2.24) is 0 Å². The summed E-state index contributed by atoms with van der Waals surface area (Å²) < 4.78 is 5.42. The zero-order valence-electron chi connectivity index (χ0n) is 8.41. The lowest BCUT2D eigenvalue weighted by atomic mass is 9.68. The fraction of sp³-hybridized carbons (Fsp3) is 1.00. The minimum absolute atomic E-state index is 0.124. The first-order valence-electron chi connectivity index (χ1n) is 5.54. The van der Waals surface area contributed by atoms with Crippen LogP contribution in [-0.4, -0.2) is 24.4 Å². The highest BCUT2D eigenvalue weighted by atomic mass is 16.5. The molecule has 0 bridgehead atoms. The SMILES string of the molecule is CO[C@@H]1[C@@H]2CCCC[C@H]2CC[C@@H]1O. The van der Waals surface area contributed by atoms with E-state index in [4.69, 9.17) is 4.74 Å². The predicted octanol–water partition coefficient (Wildman–Crippen LogP) is 1.96. The van der Waals surface area contributed by atoms with Gasteiger partial charge in [0, 0.05) is 7.11 Å². The third kappa shape index (κ3) is 1.75. The van der Waals surface area contributed by atoms with E-state index in [-0.39, 0.29) is 12.2 Å². The van der Waals surface area contributed by atoms with Crippen molar-refractivity contribution in [2.45, 2.75) is 50.7 Å². The molecule has 0 aliphatic heterocycles. The Morgan fingerprint density at radius 3 is 2.62 bits per heavy atom. The van der Waals surface area contributed by atoms with Gasteiger partial charge < -0.3 is 9.84 Å². The van der Waals surface area contributed by atoms with Crippen LogP contribution < -0.4 is 0 Å². The molecule has 0 aromatic heterocycles. The van der Waals surface area contributed by atoms with Gasteiger partial charge in [-0.25, -0.2) is 0 Å². The second-order valence-electron chi connectivity index (χ2n) is 4.55. The van der Waals surface area contributed by atoms with Crippen molar-refractivity contribution in [2.75, 3.05) is 7.11 Å². The maximum Gasteiger partial charge on any atom is 0.0860 e. The van der Waals surface area contributed by atoms with E-state index in [0.29, 0.717) is 5.92 Å². The summed E-state index contributed by atoms with van der Waals surface area (Å²) in [6, 6.07) is 0. The molecule has 0 unspecified atom stereocenters. The summed E-state index contributed by atoms with van der Waals surface area (Å²) in [5, 5.41) is 9.78. The minimum Gasteiger partial charge on any atom is -0.390 e. The number of hydrogen-bond donors (Lipinski definition) is 1. The number of rotatable bonds is 1. The smallest absolute Gasteiger partial charge is 0.0860 e. The Morgan fingerprint density at radius 1 is 1.08 bits per heavy atom. The van der Waals surface area contributed by atoms with Gasteiger partial charge in [0.05, 0.1) is 12.2 Å². The molecule has 0 spiro atoms. The van der Waals surface area contributed by atoms with Crippen LogP contribution in [0, 0.1) is 11.8 Å². The fourth-order valence-electron chi connectivity index (χ4n) is 3.19. The summed E-state index contributed by atoms with van der Waals surface area (Å²) in [7, 11) is 1.74. The summed E-state index contributed by atoms with van der Waals surface area (Å²) in [4.78, 5) is 0. The predicted molar refractivity (Wildman–Crippen MR) is 51.5 cm³/mol. The Morgan fingerprint density at radius 2 is 1.85 bits per heavy atom. The molecule has 2 fully saturated rings. The molecule has 0 heterocycles. The third-order valence-electron chi connectivity index (χ3n) is 3.87. The second-order valence-corrected chi connectivity index (χ2v) is 4.55. The molecule has 2 heteroatoms. The molecular weight excluding hydrogens is 164 g/mol. The first-order chi connectivity index (χ1) is 6.33. The average molecular weight is 184 g/mol. The molecular formula is C11H20O2. The highest BCUT2D eigenvalue weighted by Crippen LogP contribution is 2.41. The van der Waals surface area contributed by atoms with Crippen LogP contribution in [0.1, 0.15) is 38.5 Å². The van der Waals surface area contributed by atoms with E-state index in [0.717, 1.165) is 12.3 Å².